The second kappa shape index (κ2) is 7.14. The summed E-state index contributed by atoms with van der Waals surface area (Å²) in [4.78, 5) is 26.7. The maximum Gasteiger partial charge on any atom is 0.259 e. The highest BCUT2D eigenvalue weighted by atomic mass is 16.5. The minimum absolute atomic E-state index is 0.105. The van der Waals surface area contributed by atoms with Gasteiger partial charge in [-0.05, 0) is 24.3 Å². The topological polar surface area (TPSA) is 78.9 Å². The first kappa shape index (κ1) is 16.0. The first-order valence-corrected chi connectivity index (χ1v) is 7.72. The Kier molecular flexibility index (Phi) is 4.77. The Hall–Kier alpha value is -2.86. The van der Waals surface area contributed by atoms with Gasteiger partial charge in [0.1, 0.15) is 5.75 Å². The van der Waals surface area contributed by atoms with Gasteiger partial charge in [0.2, 0.25) is 0 Å². The number of aromatic hydroxyl groups is 1. The van der Waals surface area contributed by atoms with Crippen LogP contribution in [0, 0.1) is 0 Å². The number of carbonyl (C=O) groups is 2. The fourth-order valence-electron chi connectivity index (χ4n) is 2.57. The van der Waals surface area contributed by atoms with E-state index in [2.05, 4.69) is 5.32 Å². The van der Waals surface area contributed by atoms with Crippen molar-refractivity contribution in [1.82, 2.24) is 4.90 Å². The van der Waals surface area contributed by atoms with Crippen LogP contribution < -0.4 is 5.32 Å². The molecule has 1 heterocycles. The molecule has 0 radical (unpaired) electrons. The van der Waals surface area contributed by atoms with Gasteiger partial charge in [0, 0.05) is 13.1 Å². The van der Waals surface area contributed by atoms with Crippen LogP contribution in [0.3, 0.4) is 0 Å². The molecule has 6 nitrogen and oxygen atoms in total. The quantitative estimate of drug-likeness (QED) is 0.905. The standard InChI is InChI=1S/C18H18N2O4/c21-16-8-4-2-6-14(16)17(22)19-15-7-3-1-5-13(15)18(23)20-9-11-24-12-10-20/h1-8,21H,9-12H2,(H,19,22). The van der Waals surface area contributed by atoms with E-state index in [1.54, 1.807) is 41.3 Å². The molecule has 1 saturated heterocycles. The maximum absolute atomic E-state index is 12.7. The summed E-state index contributed by atoms with van der Waals surface area (Å²) >= 11 is 0. The molecular formula is C18H18N2O4. The summed E-state index contributed by atoms with van der Waals surface area (Å²) in [6.07, 6.45) is 0. The van der Waals surface area contributed by atoms with Crippen LogP contribution in [0.25, 0.3) is 0 Å². The van der Waals surface area contributed by atoms with Gasteiger partial charge in [0.05, 0.1) is 30.0 Å². The minimum Gasteiger partial charge on any atom is -0.507 e. The Balaban J connectivity index is 1.83. The first-order chi connectivity index (χ1) is 11.7. The van der Waals surface area contributed by atoms with Crippen molar-refractivity contribution in [3.63, 3.8) is 0 Å². The van der Waals surface area contributed by atoms with E-state index in [4.69, 9.17) is 4.74 Å². The van der Waals surface area contributed by atoms with E-state index >= 15 is 0 Å². The van der Waals surface area contributed by atoms with E-state index in [0.717, 1.165) is 0 Å². The number of nitrogens with one attached hydrogen (secondary N) is 1. The molecule has 1 fully saturated rings. The number of rotatable bonds is 3. The second-order valence-electron chi connectivity index (χ2n) is 5.42. The predicted octanol–water partition coefficient (Wildman–Crippen LogP) is 2.12. The van der Waals surface area contributed by atoms with E-state index in [1.807, 2.05) is 0 Å². The van der Waals surface area contributed by atoms with Gasteiger partial charge in [-0.3, -0.25) is 9.59 Å². The third-order valence-corrected chi connectivity index (χ3v) is 3.85. The first-order valence-electron chi connectivity index (χ1n) is 7.72. The van der Waals surface area contributed by atoms with E-state index in [1.165, 1.54) is 12.1 Å². The zero-order valence-corrected chi connectivity index (χ0v) is 13.1. The molecule has 0 aliphatic carbocycles. The van der Waals surface area contributed by atoms with Crippen molar-refractivity contribution in [2.45, 2.75) is 0 Å². The number of ether oxygens (including phenoxy) is 1. The fourth-order valence-corrected chi connectivity index (χ4v) is 2.57. The lowest BCUT2D eigenvalue weighted by Crippen LogP contribution is -2.41. The Morgan fingerprint density at radius 2 is 1.58 bits per heavy atom. The van der Waals surface area contributed by atoms with E-state index in [0.29, 0.717) is 37.6 Å². The monoisotopic (exact) mass is 326 g/mol. The zero-order valence-electron chi connectivity index (χ0n) is 13.1. The number of benzene rings is 2. The average Bonchev–Trinajstić information content (AvgIpc) is 2.62. The number of nitrogens with zero attached hydrogens (tertiary/aromatic N) is 1. The molecule has 2 aromatic rings. The third kappa shape index (κ3) is 3.38. The molecule has 0 saturated carbocycles. The molecule has 0 atom stereocenters. The van der Waals surface area contributed by atoms with Crippen LogP contribution in [0.1, 0.15) is 20.7 Å². The van der Waals surface area contributed by atoms with Crippen molar-refractivity contribution in [1.29, 1.82) is 0 Å². The summed E-state index contributed by atoms with van der Waals surface area (Å²) in [5.74, 6) is -0.714. The molecule has 2 aromatic carbocycles. The van der Waals surface area contributed by atoms with Crippen LogP contribution in [0.15, 0.2) is 48.5 Å². The number of anilines is 1. The van der Waals surface area contributed by atoms with Crippen LogP contribution in [0.5, 0.6) is 5.75 Å². The SMILES string of the molecule is O=C(Nc1ccccc1C(=O)N1CCOCC1)c1ccccc1O. The number of para-hydroxylation sites is 2. The van der Waals surface area contributed by atoms with Gasteiger partial charge in [-0.25, -0.2) is 0 Å². The highest BCUT2D eigenvalue weighted by Gasteiger charge is 2.22. The number of phenols is 1. The minimum atomic E-state index is -0.463. The van der Waals surface area contributed by atoms with E-state index in [9.17, 15) is 14.7 Å². The molecule has 0 aromatic heterocycles. The van der Waals surface area contributed by atoms with Crippen LogP contribution in [0.4, 0.5) is 5.69 Å². The van der Waals surface area contributed by atoms with Crippen molar-refractivity contribution >= 4 is 17.5 Å². The Labute approximate surface area is 139 Å². The molecule has 6 heteroatoms. The van der Waals surface area contributed by atoms with Gasteiger partial charge in [0.15, 0.2) is 0 Å². The van der Waals surface area contributed by atoms with Gasteiger partial charge in [-0.15, -0.1) is 0 Å². The summed E-state index contributed by atoms with van der Waals surface area (Å²) in [6.45, 7) is 2.08. The van der Waals surface area contributed by atoms with Crippen LogP contribution >= 0.6 is 0 Å². The molecule has 3 rings (SSSR count). The Morgan fingerprint density at radius 3 is 2.29 bits per heavy atom. The third-order valence-electron chi connectivity index (χ3n) is 3.85. The highest BCUT2D eigenvalue weighted by molar-refractivity contribution is 6.10. The maximum atomic E-state index is 12.7. The molecular weight excluding hydrogens is 308 g/mol. The lowest BCUT2D eigenvalue weighted by atomic mass is 10.1. The van der Waals surface area contributed by atoms with Crippen LogP contribution in [-0.4, -0.2) is 48.1 Å². The Morgan fingerprint density at radius 1 is 0.958 bits per heavy atom. The highest BCUT2D eigenvalue weighted by Crippen LogP contribution is 2.21. The lowest BCUT2D eigenvalue weighted by molar-refractivity contribution is 0.0303. The molecule has 0 spiro atoms. The lowest BCUT2D eigenvalue weighted by Gasteiger charge is -2.27. The number of morpholine rings is 1. The van der Waals surface area contributed by atoms with E-state index < -0.39 is 5.91 Å². The van der Waals surface area contributed by atoms with Crippen molar-refractivity contribution < 1.29 is 19.4 Å². The van der Waals surface area contributed by atoms with Crippen molar-refractivity contribution in [3.8, 4) is 5.75 Å². The van der Waals surface area contributed by atoms with Crippen LogP contribution in [-0.2, 0) is 4.74 Å². The van der Waals surface area contributed by atoms with Crippen molar-refractivity contribution in [2.24, 2.45) is 0 Å². The molecule has 0 unspecified atom stereocenters. The molecule has 1 aliphatic rings. The van der Waals surface area contributed by atoms with Crippen LogP contribution in [0.2, 0.25) is 0 Å². The predicted molar refractivity (Wildman–Crippen MR) is 89.2 cm³/mol. The number of hydrogen-bond acceptors (Lipinski definition) is 4. The van der Waals surface area contributed by atoms with Gasteiger partial charge in [-0.2, -0.15) is 0 Å². The summed E-state index contributed by atoms with van der Waals surface area (Å²) in [6, 6.07) is 13.1. The van der Waals surface area contributed by atoms with Crippen molar-refractivity contribution in [3.05, 3.63) is 59.7 Å². The molecule has 2 amide bonds. The number of amides is 2. The van der Waals surface area contributed by atoms with E-state index in [-0.39, 0.29) is 17.2 Å². The molecule has 24 heavy (non-hydrogen) atoms. The average molecular weight is 326 g/mol. The summed E-state index contributed by atoms with van der Waals surface area (Å²) in [7, 11) is 0. The van der Waals surface area contributed by atoms with Gasteiger partial charge in [-0.1, -0.05) is 24.3 Å². The number of carbonyl (C=O) groups excluding carboxylic acids is 2. The molecule has 124 valence electrons. The second-order valence-corrected chi connectivity index (χ2v) is 5.42. The fraction of sp³-hybridized carbons (Fsp3) is 0.222. The zero-order chi connectivity index (χ0) is 16.9. The Bertz CT molecular complexity index is 754. The molecule has 0 bridgehead atoms. The number of phenolic OH excluding ortho intramolecular Hbond substituents is 1. The normalized spacial score (nSPS) is 14.2. The van der Waals surface area contributed by atoms with Gasteiger partial charge in [0.25, 0.3) is 11.8 Å². The largest absolute Gasteiger partial charge is 0.507 e. The molecule has 2 N–H and O–H groups in total. The molecule has 1 aliphatic heterocycles. The van der Waals surface area contributed by atoms with Gasteiger partial charge >= 0.3 is 0 Å². The number of hydrogen-bond donors (Lipinski definition) is 2. The summed E-state index contributed by atoms with van der Waals surface area (Å²) in [5, 5.41) is 12.5. The smallest absolute Gasteiger partial charge is 0.259 e. The van der Waals surface area contributed by atoms with Crippen molar-refractivity contribution in [2.75, 3.05) is 31.6 Å². The summed E-state index contributed by atoms with van der Waals surface area (Å²) in [5.41, 5.74) is 0.997. The van der Waals surface area contributed by atoms with Gasteiger partial charge < -0.3 is 20.1 Å². The summed E-state index contributed by atoms with van der Waals surface area (Å²) < 4.78 is 5.26.